The monoisotopic (exact) mass is 423 g/mol. The summed E-state index contributed by atoms with van der Waals surface area (Å²) in [5.74, 6) is -5.82. The van der Waals surface area contributed by atoms with Gasteiger partial charge in [-0.3, -0.25) is 9.59 Å². The molecule has 0 saturated carbocycles. The summed E-state index contributed by atoms with van der Waals surface area (Å²) in [5, 5.41) is 7.49. The highest BCUT2D eigenvalue weighted by atomic mass is 19.3. The molecule has 0 fully saturated rings. The number of hydrogen-bond acceptors (Lipinski definition) is 4. The zero-order valence-corrected chi connectivity index (χ0v) is 15.9. The lowest BCUT2D eigenvalue weighted by Crippen LogP contribution is -2.36. The molecule has 2 aromatic carbocycles. The Morgan fingerprint density at radius 3 is 2.47 bits per heavy atom. The molecule has 1 heterocycles. The van der Waals surface area contributed by atoms with Gasteiger partial charge in [0.15, 0.2) is 5.92 Å². The second-order valence-corrected chi connectivity index (χ2v) is 6.66. The molecule has 0 saturated heterocycles. The van der Waals surface area contributed by atoms with E-state index in [0.717, 1.165) is 18.0 Å². The predicted molar refractivity (Wildman–Crippen MR) is 102 cm³/mol. The lowest BCUT2D eigenvalue weighted by molar-refractivity contribution is -0.127. The summed E-state index contributed by atoms with van der Waals surface area (Å²) in [7, 11) is 0. The SMILES string of the molecule is CC1=NN(c2ccc(OC(F)F)cc2)C(=O)C1C(=O)Nc1cccc(C(C)(F)F)c1. The van der Waals surface area contributed by atoms with Crippen LogP contribution < -0.4 is 15.1 Å². The van der Waals surface area contributed by atoms with E-state index >= 15 is 0 Å². The molecule has 0 aliphatic carbocycles. The van der Waals surface area contributed by atoms with Gasteiger partial charge in [-0.2, -0.15) is 18.9 Å². The lowest BCUT2D eigenvalue weighted by atomic mass is 10.0. The van der Waals surface area contributed by atoms with E-state index in [1.54, 1.807) is 0 Å². The van der Waals surface area contributed by atoms with Gasteiger partial charge in [-0.05, 0) is 43.3 Å². The standard InChI is InChI=1S/C20H17F4N3O3/c1-11-16(17(28)25-13-5-3-4-12(10-13)20(2,23)24)18(29)27(26-11)14-6-8-15(9-7-14)30-19(21)22/h3-10,16,19H,1-2H3,(H,25,28). The largest absolute Gasteiger partial charge is 0.435 e. The van der Waals surface area contributed by atoms with Crippen molar-refractivity contribution in [3.05, 3.63) is 54.1 Å². The normalized spacial score (nSPS) is 16.6. The van der Waals surface area contributed by atoms with Crippen molar-refractivity contribution in [1.82, 2.24) is 0 Å². The third kappa shape index (κ3) is 4.58. The number of hydrazone groups is 1. The van der Waals surface area contributed by atoms with Gasteiger partial charge in [-0.25, -0.2) is 8.78 Å². The number of ether oxygens (including phenoxy) is 1. The second kappa shape index (κ2) is 8.13. The summed E-state index contributed by atoms with van der Waals surface area (Å²) in [6, 6.07) is 10.3. The minimum atomic E-state index is -3.09. The molecule has 0 bridgehead atoms. The Morgan fingerprint density at radius 1 is 1.20 bits per heavy atom. The number of nitrogens with one attached hydrogen (secondary N) is 1. The number of nitrogens with zero attached hydrogens (tertiary/aromatic N) is 2. The molecule has 1 aliphatic rings. The summed E-state index contributed by atoms with van der Waals surface area (Å²) in [6.07, 6.45) is 0. The molecule has 1 atom stereocenters. The highest BCUT2D eigenvalue weighted by Gasteiger charge is 2.40. The van der Waals surface area contributed by atoms with Crippen LogP contribution in [0.2, 0.25) is 0 Å². The fraction of sp³-hybridized carbons (Fsp3) is 0.250. The van der Waals surface area contributed by atoms with Gasteiger partial charge in [0.25, 0.3) is 11.8 Å². The van der Waals surface area contributed by atoms with Crippen molar-refractivity contribution in [2.75, 3.05) is 10.3 Å². The zero-order chi connectivity index (χ0) is 22.1. The number of hydrogen-bond donors (Lipinski definition) is 1. The van der Waals surface area contributed by atoms with Crippen molar-refractivity contribution in [3.8, 4) is 5.75 Å². The summed E-state index contributed by atoms with van der Waals surface area (Å²) >= 11 is 0. The molecular weight excluding hydrogens is 406 g/mol. The van der Waals surface area contributed by atoms with E-state index in [4.69, 9.17) is 0 Å². The van der Waals surface area contributed by atoms with Gasteiger partial charge < -0.3 is 10.1 Å². The van der Waals surface area contributed by atoms with E-state index in [-0.39, 0.29) is 28.4 Å². The van der Waals surface area contributed by atoms with E-state index in [1.165, 1.54) is 49.4 Å². The number of alkyl halides is 4. The van der Waals surface area contributed by atoms with Crippen LogP contribution in [0.3, 0.4) is 0 Å². The van der Waals surface area contributed by atoms with E-state index in [9.17, 15) is 27.2 Å². The van der Waals surface area contributed by atoms with Crippen molar-refractivity contribution < 1.29 is 31.9 Å². The average Bonchev–Trinajstić information content (AvgIpc) is 2.95. The summed E-state index contributed by atoms with van der Waals surface area (Å²) < 4.78 is 55.7. The molecular formula is C20H17F4N3O3. The molecule has 0 aromatic heterocycles. The third-order valence-electron chi connectivity index (χ3n) is 4.34. The van der Waals surface area contributed by atoms with E-state index in [0.29, 0.717) is 0 Å². The molecule has 10 heteroatoms. The van der Waals surface area contributed by atoms with Crippen molar-refractivity contribution >= 4 is 28.9 Å². The minimum Gasteiger partial charge on any atom is -0.435 e. The maximum absolute atomic E-state index is 13.5. The number of carbonyl (C=O) groups excluding carboxylic acids is 2. The average molecular weight is 423 g/mol. The first kappa shape index (κ1) is 21.3. The van der Waals surface area contributed by atoms with Gasteiger partial charge in [-0.15, -0.1) is 0 Å². The van der Waals surface area contributed by atoms with Crippen LogP contribution >= 0.6 is 0 Å². The Balaban J connectivity index is 1.74. The first-order chi connectivity index (χ1) is 14.1. The Bertz CT molecular complexity index is 988. The zero-order valence-electron chi connectivity index (χ0n) is 15.9. The molecule has 3 rings (SSSR count). The molecule has 2 aromatic rings. The fourth-order valence-electron chi connectivity index (χ4n) is 2.91. The fourth-order valence-corrected chi connectivity index (χ4v) is 2.91. The van der Waals surface area contributed by atoms with Crippen LogP contribution in [0.15, 0.2) is 53.6 Å². The number of halogens is 4. The van der Waals surface area contributed by atoms with Gasteiger partial charge in [0.05, 0.1) is 11.4 Å². The van der Waals surface area contributed by atoms with Crippen molar-refractivity contribution in [1.29, 1.82) is 0 Å². The molecule has 1 N–H and O–H groups in total. The summed E-state index contributed by atoms with van der Waals surface area (Å²) in [4.78, 5) is 25.3. The number of amides is 2. The molecule has 158 valence electrons. The molecule has 0 spiro atoms. The molecule has 30 heavy (non-hydrogen) atoms. The van der Waals surface area contributed by atoms with Crippen LogP contribution in [0.1, 0.15) is 19.4 Å². The lowest BCUT2D eigenvalue weighted by Gasteiger charge is -2.16. The first-order valence-corrected chi connectivity index (χ1v) is 8.79. The van der Waals surface area contributed by atoms with Gasteiger partial charge in [0, 0.05) is 18.2 Å². The number of rotatable bonds is 6. The predicted octanol–water partition coefficient (Wildman–Crippen LogP) is 4.38. The molecule has 6 nitrogen and oxygen atoms in total. The van der Waals surface area contributed by atoms with E-state index in [1.807, 2.05) is 0 Å². The van der Waals surface area contributed by atoms with Gasteiger partial charge >= 0.3 is 6.61 Å². The van der Waals surface area contributed by atoms with Gasteiger partial charge in [-0.1, -0.05) is 12.1 Å². The van der Waals surface area contributed by atoms with Crippen LogP contribution in [-0.2, 0) is 15.5 Å². The quantitative estimate of drug-likeness (QED) is 0.554. The summed E-state index contributed by atoms with van der Waals surface area (Å²) in [6.45, 7) is -0.767. The smallest absolute Gasteiger partial charge is 0.387 e. The van der Waals surface area contributed by atoms with Crippen LogP contribution in [-0.4, -0.2) is 24.1 Å². The van der Waals surface area contributed by atoms with Crippen LogP contribution in [0.5, 0.6) is 5.75 Å². The highest BCUT2D eigenvalue weighted by molar-refractivity contribution is 6.28. The maximum Gasteiger partial charge on any atom is 0.387 e. The molecule has 1 unspecified atom stereocenters. The Labute approximate surface area is 169 Å². The number of anilines is 2. The third-order valence-corrected chi connectivity index (χ3v) is 4.34. The molecule has 2 amide bonds. The summed E-state index contributed by atoms with van der Waals surface area (Å²) in [5.41, 5.74) is 0.286. The Hall–Kier alpha value is -3.43. The molecule has 0 radical (unpaired) electrons. The van der Waals surface area contributed by atoms with E-state index in [2.05, 4.69) is 15.2 Å². The van der Waals surface area contributed by atoms with Crippen LogP contribution in [0.4, 0.5) is 28.9 Å². The number of carbonyl (C=O) groups is 2. The van der Waals surface area contributed by atoms with Crippen molar-refractivity contribution in [2.24, 2.45) is 11.0 Å². The van der Waals surface area contributed by atoms with Gasteiger partial charge in [0.1, 0.15) is 5.75 Å². The maximum atomic E-state index is 13.5. The Morgan fingerprint density at radius 2 is 1.87 bits per heavy atom. The molecule has 1 aliphatic heterocycles. The van der Waals surface area contributed by atoms with E-state index < -0.39 is 30.3 Å². The van der Waals surface area contributed by atoms with Crippen molar-refractivity contribution in [2.45, 2.75) is 26.4 Å². The van der Waals surface area contributed by atoms with Crippen LogP contribution in [0, 0.1) is 5.92 Å². The first-order valence-electron chi connectivity index (χ1n) is 8.79. The second-order valence-electron chi connectivity index (χ2n) is 6.66. The topological polar surface area (TPSA) is 71.0 Å². The number of benzene rings is 2. The minimum absolute atomic E-state index is 0.0944. The highest BCUT2D eigenvalue weighted by Crippen LogP contribution is 2.30. The van der Waals surface area contributed by atoms with Crippen LogP contribution in [0.25, 0.3) is 0 Å². The Kier molecular flexibility index (Phi) is 5.77. The van der Waals surface area contributed by atoms with Gasteiger partial charge in [0.2, 0.25) is 5.91 Å². The van der Waals surface area contributed by atoms with Crippen molar-refractivity contribution in [3.63, 3.8) is 0 Å².